The fourth-order valence-corrected chi connectivity index (χ4v) is 3.62. The van der Waals surface area contributed by atoms with Crippen molar-refractivity contribution < 1.29 is 8.42 Å². The minimum atomic E-state index is -3.73. The quantitative estimate of drug-likeness (QED) is 0.553. The Bertz CT molecular complexity index is 736. The molecule has 1 heterocycles. The third-order valence-corrected chi connectivity index (χ3v) is 4.97. The zero-order valence-corrected chi connectivity index (χ0v) is 13.6. The summed E-state index contributed by atoms with van der Waals surface area (Å²) in [5, 5.41) is 0. The van der Waals surface area contributed by atoms with Crippen LogP contribution in [0.2, 0.25) is 0 Å². The van der Waals surface area contributed by atoms with Crippen LogP contribution in [0.15, 0.2) is 52.1 Å². The third kappa shape index (κ3) is 3.79. The average Bonchev–Trinajstić information content (AvgIpc) is 2.46. The van der Waals surface area contributed by atoms with Crippen LogP contribution in [-0.2, 0) is 10.0 Å². The summed E-state index contributed by atoms with van der Waals surface area (Å²) in [6.45, 7) is 1.77. The van der Waals surface area contributed by atoms with Gasteiger partial charge >= 0.3 is 0 Å². The Hall–Kier alpha value is -1.48. The van der Waals surface area contributed by atoms with E-state index in [2.05, 4.69) is 31.1 Å². The summed E-state index contributed by atoms with van der Waals surface area (Å²) in [6, 6.07) is 8.54. The summed E-state index contributed by atoms with van der Waals surface area (Å²) in [5.74, 6) is 5.33. The molecule has 0 spiro atoms. The van der Waals surface area contributed by atoms with Crippen molar-refractivity contribution in [3.63, 3.8) is 0 Å². The van der Waals surface area contributed by atoms with Crippen LogP contribution in [-0.4, -0.2) is 13.4 Å². The van der Waals surface area contributed by atoms with Gasteiger partial charge < -0.3 is 5.43 Å². The highest BCUT2D eigenvalue weighted by Crippen LogP contribution is 2.23. The molecule has 8 heteroatoms. The van der Waals surface area contributed by atoms with Crippen molar-refractivity contribution in [3.05, 3.63) is 52.8 Å². The molecule has 1 aromatic heterocycles. The SMILES string of the molecule is CC(NS(=O)(=O)c1cnccc1NN)c1cccc(Br)c1. The smallest absolute Gasteiger partial charge is 0.244 e. The number of nitrogen functional groups attached to an aromatic ring is 1. The molecule has 1 aromatic carbocycles. The molecule has 0 saturated heterocycles. The van der Waals surface area contributed by atoms with E-state index < -0.39 is 16.1 Å². The van der Waals surface area contributed by atoms with Gasteiger partial charge in [0.15, 0.2) is 0 Å². The highest BCUT2D eigenvalue weighted by atomic mass is 79.9. The molecule has 2 aromatic rings. The van der Waals surface area contributed by atoms with Gasteiger partial charge in [0.1, 0.15) is 4.90 Å². The van der Waals surface area contributed by atoms with Crippen molar-refractivity contribution in [3.8, 4) is 0 Å². The van der Waals surface area contributed by atoms with Crippen molar-refractivity contribution in [2.24, 2.45) is 5.84 Å². The van der Waals surface area contributed by atoms with E-state index in [9.17, 15) is 8.42 Å². The number of nitrogens with two attached hydrogens (primary N) is 1. The van der Waals surface area contributed by atoms with Gasteiger partial charge in [-0.2, -0.15) is 0 Å². The first-order valence-corrected chi connectivity index (χ1v) is 8.40. The molecule has 0 aliphatic carbocycles. The molecule has 0 aliphatic rings. The maximum atomic E-state index is 12.4. The highest BCUT2D eigenvalue weighted by Gasteiger charge is 2.21. The average molecular weight is 371 g/mol. The lowest BCUT2D eigenvalue weighted by Crippen LogP contribution is -2.28. The standard InChI is InChI=1S/C13H15BrN4O2S/c1-9(10-3-2-4-11(14)7-10)18-21(19,20)13-8-16-6-5-12(13)17-15/h2-9,18H,15H2,1H3,(H,16,17). The molecule has 0 fully saturated rings. The molecule has 21 heavy (non-hydrogen) atoms. The van der Waals surface area contributed by atoms with Crippen molar-refractivity contribution in [2.45, 2.75) is 17.9 Å². The second-order valence-corrected chi connectivity index (χ2v) is 7.01. The maximum Gasteiger partial charge on any atom is 0.244 e. The van der Waals surface area contributed by atoms with Crippen LogP contribution < -0.4 is 16.0 Å². The second-order valence-electron chi connectivity index (χ2n) is 4.41. The van der Waals surface area contributed by atoms with E-state index in [1.165, 1.54) is 18.5 Å². The van der Waals surface area contributed by atoms with E-state index in [0.29, 0.717) is 5.69 Å². The molecule has 112 valence electrons. The van der Waals surface area contributed by atoms with E-state index in [4.69, 9.17) is 5.84 Å². The molecule has 0 amide bonds. The van der Waals surface area contributed by atoms with Gasteiger partial charge in [0.25, 0.3) is 0 Å². The lowest BCUT2D eigenvalue weighted by molar-refractivity contribution is 0.567. The highest BCUT2D eigenvalue weighted by molar-refractivity contribution is 9.10. The number of benzene rings is 1. The van der Waals surface area contributed by atoms with Crippen molar-refractivity contribution >= 4 is 31.6 Å². The number of hydrazine groups is 1. The molecule has 1 unspecified atom stereocenters. The van der Waals surface area contributed by atoms with E-state index >= 15 is 0 Å². The van der Waals surface area contributed by atoms with Gasteiger partial charge in [-0.3, -0.25) is 10.8 Å². The molecule has 6 nitrogen and oxygen atoms in total. The zero-order chi connectivity index (χ0) is 15.5. The molecular weight excluding hydrogens is 356 g/mol. The van der Waals surface area contributed by atoms with Crippen LogP contribution in [0.3, 0.4) is 0 Å². The Morgan fingerprint density at radius 1 is 1.33 bits per heavy atom. The van der Waals surface area contributed by atoms with Crippen molar-refractivity contribution in [1.82, 2.24) is 9.71 Å². The molecular formula is C13H15BrN4O2S. The van der Waals surface area contributed by atoms with Gasteiger partial charge in [-0.15, -0.1) is 0 Å². The number of aromatic nitrogens is 1. The van der Waals surface area contributed by atoms with Crippen molar-refractivity contribution in [2.75, 3.05) is 5.43 Å². The van der Waals surface area contributed by atoms with E-state index in [1.807, 2.05) is 24.3 Å². The number of hydrogen-bond acceptors (Lipinski definition) is 5. The predicted molar refractivity (Wildman–Crippen MR) is 84.9 cm³/mol. The molecule has 0 aliphatic heterocycles. The van der Waals surface area contributed by atoms with Gasteiger partial charge in [-0.1, -0.05) is 28.1 Å². The number of halogens is 1. The number of anilines is 1. The first kappa shape index (κ1) is 15.9. The second kappa shape index (κ2) is 6.52. The van der Waals surface area contributed by atoms with Gasteiger partial charge in [-0.25, -0.2) is 13.1 Å². The van der Waals surface area contributed by atoms with Gasteiger partial charge in [0.05, 0.1) is 5.69 Å². The summed E-state index contributed by atoms with van der Waals surface area (Å²) in [6.07, 6.45) is 2.72. The third-order valence-electron chi connectivity index (χ3n) is 2.91. The summed E-state index contributed by atoms with van der Waals surface area (Å²) in [4.78, 5) is 3.84. The molecule has 0 radical (unpaired) electrons. The zero-order valence-electron chi connectivity index (χ0n) is 11.2. The summed E-state index contributed by atoms with van der Waals surface area (Å²) >= 11 is 3.36. The number of nitrogens with zero attached hydrogens (tertiary/aromatic N) is 1. The molecule has 0 bridgehead atoms. The maximum absolute atomic E-state index is 12.4. The fraction of sp³-hybridized carbons (Fsp3) is 0.154. The Morgan fingerprint density at radius 3 is 2.76 bits per heavy atom. The normalized spacial score (nSPS) is 12.9. The van der Waals surface area contributed by atoms with E-state index in [0.717, 1.165) is 10.0 Å². The van der Waals surface area contributed by atoms with Crippen LogP contribution >= 0.6 is 15.9 Å². The van der Waals surface area contributed by atoms with Gasteiger partial charge in [0, 0.05) is 22.9 Å². The van der Waals surface area contributed by atoms with E-state index in [1.54, 1.807) is 6.92 Å². The first-order chi connectivity index (χ1) is 9.94. The van der Waals surface area contributed by atoms with Gasteiger partial charge in [-0.05, 0) is 30.7 Å². The Kier molecular flexibility index (Phi) is 4.94. The minimum Gasteiger partial charge on any atom is -0.323 e. The van der Waals surface area contributed by atoms with Crippen LogP contribution in [0, 0.1) is 0 Å². The largest absolute Gasteiger partial charge is 0.323 e. The predicted octanol–water partition coefficient (Wildman–Crippen LogP) is 2.17. The summed E-state index contributed by atoms with van der Waals surface area (Å²) in [5.41, 5.74) is 3.49. The van der Waals surface area contributed by atoms with E-state index in [-0.39, 0.29) is 4.90 Å². The molecule has 4 N–H and O–H groups in total. The first-order valence-electron chi connectivity index (χ1n) is 6.12. The Balaban J connectivity index is 2.29. The molecule has 0 saturated carbocycles. The lowest BCUT2D eigenvalue weighted by atomic mass is 10.1. The van der Waals surface area contributed by atoms with Gasteiger partial charge in [0.2, 0.25) is 10.0 Å². The van der Waals surface area contributed by atoms with Crippen LogP contribution in [0.5, 0.6) is 0 Å². The lowest BCUT2D eigenvalue weighted by Gasteiger charge is -2.16. The molecule has 2 rings (SSSR count). The number of sulfonamides is 1. The van der Waals surface area contributed by atoms with Crippen LogP contribution in [0.25, 0.3) is 0 Å². The Morgan fingerprint density at radius 2 is 2.10 bits per heavy atom. The fourth-order valence-electron chi connectivity index (χ4n) is 1.85. The molecule has 1 atom stereocenters. The number of hydrogen-bond donors (Lipinski definition) is 3. The van der Waals surface area contributed by atoms with Crippen LogP contribution in [0.1, 0.15) is 18.5 Å². The summed E-state index contributed by atoms with van der Waals surface area (Å²) in [7, 11) is -3.73. The topological polar surface area (TPSA) is 97.1 Å². The van der Waals surface area contributed by atoms with Crippen LogP contribution in [0.4, 0.5) is 5.69 Å². The summed E-state index contributed by atoms with van der Waals surface area (Å²) < 4.78 is 28.3. The number of pyridine rings is 1. The Labute approximate surface area is 131 Å². The monoisotopic (exact) mass is 370 g/mol. The number of rotatable bonds is 5. The number of nitrogens with one attached hydrogen (secondary N) is 2. The minimum absolute atomic E-state index is 0.00865. The van der Waals surface area contributed by atoms with Crippen molar-refractivity contribution in [1.29, 1.82) is 0 Å².